The molecule has 3 fully saturated rings. The second-order valence-electron chi connectivity index (χ2n) is 7.39. The molecule has 0 aromatic carbocycles. The number of hydrogen-bond acceptors (Lipinski definition) is 4. The van der Waals surface area contributed by atoms with Crippen molar-refractivity contribution in [3.05, 3.63) is 0 Å². The number of nitrogens with zero attached hydrogens (tertiary/aromatic N) is 2. The molecule has 2 amide bonds. The molecule has 3 rings (SSSR count). The molecule has 6 heteroatoms. The van der Waals surface area contributed by atoms with E-state index in [1.54, 1.807) is 0 Å². The van der Waals surface area contributed by atoms with Gasteiger partial charge in [-0.2, -0.15) is 11.8 Å². The summed E-state index contributed by atoms with van der Waals surface area (Å²) in [5.41, 5.74) is 0. The Morgan fingerprint density at radius 3 is 2.25 bits per heavy atom. The molecule has 2 saturated heterocycles. The number of hydrogen-bond donors (Lipinski definition) is 1. The van der Waals surface area contributed by atoms with Crippen LogP contribution in [0.15, 0.2) is 0 Å². The molecule has 1 saturated carbocycles. The highest BCUT2D eigenvalue weighted by molar-refractivity contribution is 7.99. The number of likely N-dealkylation sites (tertiary alicyclic amines) is 1. The van der Waals surface area contributed by atoms with E-state index in [0.717, 1.165) is 63.4 Å². The quantitative estimate of drug-likeness (QED) is 0.836. The van der Waals surface area contributed by atoms with Crippen LogP contribution in [0.1, 0.15) is 44.9 Å². The first-order valence-electron chi connectivity index (χ1n) is 9.60. The maximum atomic E-state index is 12.6. The van der Waals surface area contributed by atoms with E-state index in [-0.39, 0.29) is 11.8 Å². The minimum Gasteiger partial charge on any atom is -0.352 e. The standard InChI is InChI=1S/C18H31N3O2S/c22-17(19-16-4-2-1-3-5-16)14-20-8-6-15(7-9-20)18(23)21-10-12-24-13-11-21/h15-16H,1-14H2,(H,19,22). The van der Waals surface area contributed by atoms with E-state index in [4.69, 9.17) is 0 Å². The monoisotopic (exact) mass is 353 g/mol. The molecule has 0 radical (unpaired) electrons. The van der Waals surface area contributed by atoms with Gasteiger partial charge in [-0.15, -0.1) is 0 Å². The molecule has 0 aromatic heterocycles. The van der Waals surface area contributed by atoms with Crippen LogP contribution in [0.2, 0.25) is 0 Å². The fourth-order valence-electron chi connectivity index (χ4n) is 4.10. The number of carbonyl (C=O) groups is 2. The first-order valence-corrected chi connectivity index (χ1v) is 10.8. The van der Waals surface area contributed by atoms with Crippen LogP contribution in [-0.2, 0) is 9.59 Å². The fraction of sp³-hybridized carbons (Fsp3) is 0.889. The van der Waals surface area contributed by atoms with Gasteiger partial charge >= 0.3 is 0 Å². The molecular weight excluding hydrogens is 322 g/mol. The Bertz CT molecular complexity index is 426. The lowest BCUT2D eigenvalue weighted by Gasteiger charge is -2.35. The van der Waals surface area contributed by atoms with Gasteiger partial charge in [0.25, 0.3) is 0 Å². The van der Waals surface area contributed by atoms with E-state index >= 15 is 0 Å². The lowest BCUT2D eigenvalue weighted by atomic mass is 9.94. The third-order valence-electron chi connectivity index (χ3n) is 5.60. The SMILES string of the molecule is O=C(CN1CCC(C(=O)N2CCSCC2)CC1)NC1CCCCC1. The number of thioether (sulfide) groups is 1. The van der Waals surface area contributed by atoms with Gasteiger partial charge in [-0.05, 0) is 38.8 Å². The summed E-state index contributed by atoms with van der Waals surface area (Å²) in [7, 11) is 0. The molecule has 0 unspecified atom stereocenters. The zero-order chi connectivity index (χ0) is 16.8. The second kappa shape index (κ2) is 9.09. The summed E-state index contributed by atoms with van der Waals surface area (Å²) in [6.45, 7) is 4.06. The predicted octanol–water partition coefficient (Wildman–Crippen LogP) is 1.72. The van der Waals surface area contributed by atoms with Gasteiger partial charge < -0.3 is 10.2 Å². The molecule has 0 bridgehead atoms. The fourth-order valence-corrected chi connectivity index (χ4v) is 5.01. The van der Waals surface area contributed by atoms with Crippen molar-refractivity contribution in [1.82, 2.24) is 15.1 Å². The number of piperidine rings is 1. The summed E-state index contributed by atoms with van der Waals surface area (Å²) >= 11 is 1.94. The third-order valence-corrected chi connectivity index (χ3v) is 6.54. The van der Waals surface area contributed by atoms with E-state index in [1.807, 2.05) is 16.7 Å². The molecule has 2 aliphatic heterocycles. The molecule has 1 aliphatic carbocycles. The summed E-state index contributed by atoms with van der Waals surface area (Å²) in [4.78, 5) is 29.0. The zero-order valence-corrected chi connectivity index (χ0v) is 15.5. The first kappa shape index (κ1) is 18.1. The van der Waals surface area contributed by atoms with Gasteiger partial charge in [-0.1, -0.05) is 19.3 Å². The van der Waals surface area contributed by atoms with Crippen LogP contribution in [0, 0.1) is 5.92 Å². The third kappa shape index (κ3) is 5.12. The largest absolute Gasteiger partial charge is 0.352 e. The van der Waals surface area contributed by atoms with E-state index in [0.29, 0.717) is 18.5 Å². The second-order valence-corrected chi connectivity index (χ2v) is 8.62. The lowest BCUT2D eigenvalue weighted by molar-refractivity contribution is -0.136. The molecule has 3 aliphatic rings. The highest BCUT2D eigenvalue weighted by atomic mass is 32.2. The van der Waals surface area contributed by atoms with Crippen LogP contribution in [-0.4, -0.2) is 71.9 Å². The Kier molecular flexibility index (Phi) is 6.84. The van der Waals surface area contributed by atoms with Gasteiger partial charge in [-0.25, -0.2) is 0 Å². The van der Waals surface area contributed by atoms with E-state index in [9.17, 15) is 9.59 Å². The average Bonchev–Trinajstić information content (AvgIpc) is 2.63. The van der Waals surface area contributed by atoms with E-state index < -0.39 is 0 Å². The van der Waals surface area contributed by atoms with Crippen molar-refractivity contribution in [1.29, 1.82) is 0 Å². The van der Waals surface area contributed by atoms with Gasteiger partial charge in [0.1, 0.15) is 0 Å². The van der Waals surface area contributed by atoms with Crippen molar-refractivity contribution in [3.63, 3.8) is 0 Å². The van der Waals surface area contributed by atoms with Gasteiger partial charge in [0, 0.05) is 36.6 Å². The number of rotatable bonds is 4. The minimum absolute atomic E-state index is 0.166. The van der Waals surface area contributed by atoms with E-state index in [1.165, 1.54) is 19.3 Å². The van der Waals surface area contributed by atoms with Crippen LogP contribution in [0.5, 0.6) is 0 Å². The van der Waals surface area contributed by atoms with Crippen molar-refractivity contribution in [2.24, 2.45) is 5.92 Å². The molecule has 0 aromatic rings. The normalized spacial score (nSPS) is 24.8. The van der Waals surface area contributed by atoms with Gasteiger partial charge in [0.05, 0.1) is 6.54 Å². The number of amides is 2. The molecule has 2 heterocycles. The molecular formula is C18H31N3O2S. The Hall–Kier alpha value is -0.750. The molecule has 0 atom stereocenters. The average molecular weight is 354 g/mol. The molecule has 1 N–H and O–H groups in total. The Balaban J connectivity index is 1.36. The number of carbonyl (C=O) groups excluding carboxylic acids is 2. The molecule has 24 heavy (non-hydrogen) atoms. The predicted molar refractivity (Wildman–Crippen MR) is 98.1 cm³/mol. The molecule has 136 valence electrons. The minimum atomic E-state index is 0.166. The highest BCUT2D eigenvalue weighted by Crippen LogP contribution is 2.22. The van der Waals surface area contributed by atoms with Crippen molar-refractivity contribution in [2.45, 2.75) is 51.0 Å². The summed E-state index contributed by atoms with van der Waals surface area (Å²) in [6, 6.07) is 0.391. The van der Waals surface area contributed by atoms with Crippen molar-refractivity contribution < 1.29 is 9.59 Å². The van der Waals surface area contributed by atoms with Gasteiger partial charge in [-0.3, -0.25) is 14.5 Å². The topological polar surface area (TPSA) is 52.7 Å². The maximum absolute atomic E-state index is 12.6. The van der Waals surface area contributed by atoms with Crippen molar-refractivity contribution in [3.8, 4) is 0 Å². The smallest absolute Gasteiger partial charge is 0.234 e. The molecule has 5 nitrogen and oxygen atoms in total. The lowest BCUT2D eigenvalue weighted by Crippen LogP contribution is -2.48. The van der Waals surface area contributed by atoms with Crippen LogP contribution in [0.25, 0.3) is 0 Å². The Labute approximate surface area is 149 Å². The summed E-state index contributed by atoms with van der Waals surface area (Å²) < 4.78 is 0. The Morgan fingerprint density at radius 2 is 1.58 bits per heavy atom. The molecule has 0 spiro atoms. The van der Waals surface area contributed by atoms with Gasteiger partial charge in [0.15, 0.2) is 0 Å². The summed E-state index contributed by atoms with van der Waals surface area (Å²) in [6.07, 6.45) is 7.87. The van der Waals surface area contributed by atoms with Gasteiger partial charge in [0.2, 0.25) is 11.8 Å². The van der Waals surface area contributed by atoms with Crippen LogP contribution >= 0.6 is 11.8 Å². The Morgan fingerprint density at radius 1 is 0.917 bits per heavy atom. The summed E-state index contributed by atoms with van der Waals surface area (Å²) in [5.74, 6) is 2.84. The van der Waals surface area contributed by atoms with Crippen LogP contribution in [0.4, 0.5) is 0 Å². The zero-order valence-electron chi connectivity index (χ0n) is 14.7. The van der Waals surface area contributed by atoms with Crippen molar-refractivity contribution in [2.75, 3.05) is 44.2 Å². The highest BCUT2D eigenvalue weighted by Gasteiger charge is 2.30. The first-order chi connectivity index (χ1) is 11.7. The van der Waals surface area contributed by atoms with Crippen LogP contribution < -0.4 is 5.32 Å². The summed E-state index contributed by atoms with van der Waals surface area (Å²) in [5, 5.41) is 3.19. The van der Waals surface area contributed by atoms with Crippen molar-refractivity contribution >= 4 is 23.6 Å². The number of nitrogens with one attached hydrogen (secondary N) is 1. The van der Waals surface area contributed by atoms with E-state index in [2.05, 4.69) is 10.2 Å². The maximum Gasteiger partial charge on any atom is 0.234 e. The van der Waals surface area contributed by atoms with Crippen LogP contribution in [0.3, 0.4) is 0 Å².